The van der Waals surface area contributed by atoms with Crippen molar-refractivity contribution >= 4 is 46.1 Å². The number of fused-ring (bicyclic) bond motifs is 2. The molecular formula is C27H29NO10. The maximum atomic E-state index is 14.1. The average molecular weight is 528 g/mol. The van der Waals surface area contributed by atoms with Gasteiger partial charge in [0.1, 0.15) is 17.1 Å². The molecule has 38 heavy (non-hydrogen) atoms. The summed E-state index contributed by atoms with van der Waals surface area (Å²) >= 11 is 0. The largest absolute Gasteiger partial charge is 0.468 e. The summed E-state index contributed by atoms with van der Waals surface area (Å²) in [5.74, 6) is -6.17. The number of hydrogen-bond acceptors (Lipinski definition) is 11. The number of nitrogens with one attached hydrogen (secondary N) is 1. The van der Waals surface area contributed by atoms with Crippen molar-refractivity contribution < 1.29 is 42.5 Å². The molecular weight excluding hydrogens is 498 g/mol. The van der Waals surface area contributed by atoms with E-state index in [1.165, 1.54) is 6.07 Å². The Bertz CT molecular complexity index is 1570. The van der Waals surface area contributed by atoms with Gasteiger partial charge < -0.3 is 28.7 Å². The molecule has 202 valence electrons. The summed E-state index contributed by atoms with van der Waals surface area (Å²) in [4.78, 5) is 67.2. The van der Waals surface area contributed by atoms with Gasteiger partial charge in [0.25, 0.3) is 0 Å². The maximum Gasteiger partial charge on any atom is 0.342 e. The van der Waals surface area contributed by atoms with Crippen LogP contribution in [0.5, 0.6) is 0 Å². The molecule has 0 radical (unpaired) electrons. The van der Waals surface area contributed by atoms with E-state index in [1.807, 2.05) is 0 Å². The number of carbonyl (C=O) groups is 4. The number of hydrogen-bond donors (Lipinski definition) is 1. The molecule has 1 aliphatic carbocycles. The van der Waals surface area contributed by atoms with E-state index < -0.39 is 62.9 Å². The molecule has 1 atom stereocenters. The van der Waals surface area contributed by atoms with Gasteiger partial charge in [-0.15, -0.1) is 0 Å². The summed E-state index contributed by atoms with van der Waals surface area (Å²) in [6, 6.07) is 4.81. The summed E-state index contributed by atoms with van der Waals surface area (Å²) in [7, 11) is 4.18. The third-order valence-electron chi connectivity index (χ3n) is 5.77. The van der Waals surface area contributed by atoms with Crippen molar-refractivity contribution in [1.82, 2.24) is 5.32 Å². The minimum Gasteiger partial charge on any atom is -0.468 e. The van der Waals surface area contributed by atoms with Crippen molar-refractivity contribution in [2.75, 3.05) is 28.4 Å². The highest BCUT2D eigenvalue weighted by atomic mass is 16.5. The van der Waals surface area contributed by atoms with E-state index in [0.29, 0.717) is 0 Å². The van der Waals surface area contributed by atoms with Crippen molar-refractivity contribution in [3.8, 4) is 0 Å². The van der Waals surface area contributed by atoms with E-state index in [2.05, 4.69) is 5.32 Å². The van der Waals surface area contributed by atoms with Crippen molar-refractivity contribution in [3.63, 3.8) is 0 Å². The Hall–Kier alpha value is -4.41. The lowest BCUT2D eigenvalue weighted by Gasteiger charge is -2.29. The highest BCUT2D eigenvalue weighted by Crippen LogP contribution is 2.32. The van der Waals surface area contributed by atoms with Gasteiger partial charge in [0.05, 0.1) is 50.2 Å². The minimum absolute atomic E-state index is 0.0937. The van der Waals surface area contributed by atoms with Crippen LogP contribution in [-0.4, -0.2) is 57.9 Å². The van der Waals surface area contributed by atoms with E-state index in [1.54, 1.807) is 39.8 Å². The molecule has 1 heterocycles. The van der Waals surface area contributed by atoms with Crippen LogP contribution in [0.2, 0.25) is 0 Å². The zero-order valence-electron chi connectivity index (χ0n) is 22.4. The Labute approximate surface area is 217 Å². The van der Waals surface area contributed by atoms with Crippen molar-refractivity contribution in [3.05, 3.63) is 55.8 Å². The van der Waals surface area contributed by atoms with E-state index >= 15 is 0 Å². The number of aryl methyl sites for hydroxylation is 1. The Balaban J connectivity index is 2.89. The minimum atomic E-state index is -1.72. The second kappa shape index (κ2) is 10.5. The Kier molecular flexibility index (Phi) is 7.80. The lowest BCUT2D eigenvalue weighted by Crippen LogP contribution is -2.50. The topological polar surface area (TPSA) is 147 Å². The van der Waals surface area contributed by atoms with Crippen LogP contribution in [0, 0.1) is 12.8 Å². The van der Waals surface area contributed by atoms with Gasteiger partial charge in [0.2, 0.25) is 5.43 Å². The van der Waals surface area contributed by atoms with Gasteiger partial charge in [-0.2, -0.15) is 0 Å². The zero-order chi connectivity index (χ0) is 28.5. The third-order valence-corrected chi connectivity index (χ3v) is 5.77. The van der Waals surface area contributed by atoms with Gasteiger partial charge in [-0.25, -0.2) is 14.4 Å². The molecule has 0 aliphatic heterocycles. The number of rotatable bonds is 5. The molecule has 1 aromatic carbocycles. The van der Waals surface area contributed by atoms with Crippen LogP contribution in [0.15, 0.2) is 38.6 Å². The first-order valence-corrected chi connectivity index (χ1v) is 11.5. The maximum absolute atomic E-state index is 14.1. The van der Waals surface area contributed by atoms with Gasteiger partial charge in [-0.3, -0.25) is 9.59 Å². The molecule has 0 bridgehead atoms. The fourth-order valence-electron chi connectivity index (χ4n) is 4.24. The fourth-order valence-corrected chi connectivity index (χ4v) is 4.24. The van der Waals surface area contributed by atoms with E-state index in [4.69, 9.17) is 23.4 Å². The lowest BCUT2D eigenvalue weighted by molar-refractivity contribution is -0.146. The average Bonchev–Trinajstić information content (AvgIpc) is 2.99. The molecule has 2 aromatic rings. The predicted molar refractivity (Wildman–Crippen MR) is 135 cm³/mol. The molecule has 0 amide bonds. The number of ether oxygens (including phenoxy) is 4. The van der Waals surface area contributed by atoms with Crippen LogP contribution >= 0.6 is 0 Å². The van der Waals surface area contributed by atoms with Crippen LogP contribution in [0.3, 0.4) is 0 Å². The standard InChI is InChI=1S/C27H29NO10/c1-12-9-10-14-13(11-12)21(29)19-20(28-27(2,3)4)17(25(32)36-7)15(23(30)34-5)16(24(31)35-6)18(22(19)38-14)26(33)37-8/h9-11,17,28H,1-8H3. The molecule has 1 N–H and O–H groups in total. The Morgan fingerprint density at radius 3 is 1.97 bits per heavy atom. The van der Waals surface area contributed by atoms with Gasteiger partial charge in [0.15, 0.2) is 5.42 Å². The monoisotopic (exact) mass is 527 g/mol. The highest BCUT2D eigenvalue weighted by Gasteiger charge is 2.44. The van der Waals surface area contributed by atoms with E-state index in [0.717, 1.165) is 34.0 Å². The first kappa shape index (κ1) is 28.2. The SMILES string of the molecule is COC(=O)C1=C(C(=O)OC)C(C(=O)OC)C(NC(C)(C)C)=c2c(oc3ccc(C)cc3c2=O)=C1C(=O)OC. The molecule has 0 fully saturated rings. The summed E-state index contributed by atoms with van der Waals surface area (Å²) in [5.41, 5.74) is -2.94. The quantitative estimate of drug-likeness (QED) is 0.425. The third kappa shape index (κ3) is 4.91. The normalized spacial score (nSPS) is 15.4. The molecule has 3 rings (SSSR count). The second-order valence-corrected chi connectivity index (χ2v) is 9.52. The predicted octanol–water partition coefficient (Wildman–Crippen LogP) is 0.367. The number of carbonyl (C=O) groups excluding carboxylic acids is 4. The smallest absolute Gasteiger partial charge is 0.342 e. The molecule has 11 nitrogen and oxygen atoms in total. The Morgan fingerprint density at radius 1 is 0.868 bits per heavy atom. The van der Waals surface area contributed by atoms with Crippen molar-refractivity contribution in [2.45, 2.75) is 33.2 Å². The van der Waals surface area contributed by atoms with Gasteiger partial charge in [-0.1, -0.05) is 11.6 Å². The number of esters is 4. The summed E-state index contributed by atoms with van der Waals surface area (Å²) in [5, 5.41) is 2.99. The molecule has 1 aliphatic rings. The molecule has 1 aromatic heterocycles. The van der Waals surface area contributed by atoms with E-state index in [-0.39, 0.29) is 21.9 Å². The molecule has 0 spiro atoms. The Morgan fingerprint density at radius 2 is 1.45 bits per heavy atom. The summed E-state index contributed by atoms with van der Waals surface area (Å²) in [6.45, 7) is 7.02. The van der Waals surface area contributed by atoms with Gasteiger partial charge in [0, 0.05) is 11.2 Å². The van der Waals surface area contributed by atoms with E-state index in [9.17, 15) is 24.0 Å². The van der Waals surface area contributed by atoms with Crippen LogP contribution < -0.4 is 21.4 Å². The van der Waals surface area contributed by atoms with Crippen molar-refractivity contribution in [1.29, 1.82) is 0 Å². The molecule has 11 heteroatoms. The van der Waals surface area contributed by atoms with Crippen molar-refractivity contribution in [2.24, 2.45) is 5.92 Å². The van der Waals surface area contributed by atoms with Gasteiger partial charge in [-0.05, 0) is 39.8 Å². The van der Waals surface area contributed by atoms with Crippen LogP contribution in [0.1, 0.15) is 26.3 Å². The highest BCUT2D eigenvalue weighted by molar-refractivity contribution is 6.28. The van der Waals surface area contributed by atoms with Crippen LogP contribution in [-0.2, 0) is 38.1 Å². The first-order chi connectivity index (χ1) is 17.8. The lowest BCUT2D eigenvalue weighted by atomic mass is 9.88. The number of methoxy groups -OCH3 is 4. The summed E-state index contributed by atoms with van der Waals surface area (Å²) < 4.78 is 25.9. The number of benzene rings is 1. The van der Waals surface area contributed by atoms with Crippen LogP contribution in [0.4, 0.5) is 0 Å². The zero-order valence-corrected chi connectivity index (χ0v) is 22.4. The van der Waals surface area contributed by atoms with Gasteiger partial charge >= 0.3 is 23.9 Å². The molecule has 0 saturated carbocycles. The molecule has 0 saturated heterocycles. The fraction of sp³-hybridized carbons (Fsp3) is 0.370. The summed E-state index contributed by atoms with van der Waals surface area (Å²) in [6.07, 6.45) is 0. The first-order valence-electron chi connectivity index (χ1n) is 11.5. The second-order valence-electron chi connectivity index (χ2n) is 9.52. The molecule has 1 unspecified atom stereocenters. The van der Waals surface area contributed by atoms with Crippen LogP contribution in [0.25, 0.3) is 22.2 Å².